The molecule has 1 N–H and O–H groups in total. The molecule has 0 saturated carbocycles. The first-order valence-electron chi connectivity index (χ1n) is 7.17. The van der Waals surface area contributed by atoms with Crippen molar-refractivity contribution in [2.45, 2.75) is 20.0 Å². The largest absolute Gasteiger partial charge is 0.460 e. The lowest BCUT2D eigenvalue weighted by Gasteiger charge is -2.03. The van der Waals surface area contributed by atoms with Gasteiger partial charge in [-0.15, -0.1) is 0 Å². The van der Waals surface area contributed by atoms with E-state index in [9.17, 15) is 0 Å². The summed E-state index contributed by atoms with van der Waals surface area (Å²) < 4.78 is 5.87. The molecular weight excluding hydrogens is 296 g/mol. The monoisotopic (exact) mass is 312 g/mol. The van der Waals surface area contributed by atoms with Crippen LogP contribution in [-0.2, 0) is 13.1 Å². The van der Waals surface area contributed by atoms with Gasteiger partial charge in [0.2, 0.25) is 0 Å². The molecule has 0 radical (unpaired) electrons. The third-order valence-electron chi connectivity index (χ3n) is 3.47. The highest BCUT2D eigenvalue weighted by Gasteiger charge is 2.06. The number of rotatable bonds is 5. The van der Waals surface area contributed by atoms with Gasteiger partial charge in [0, 0.05) is 29.5 Å². The zero-order chi connectivity index (χ0) is 15.4. The number of halogens is 1. The number of nitrogens with zero attached hydrogens (tertiary/aromatic N) is 1. The summed E-state index contributed by atoms with van der Waals surface area (Å²) >= 11 is 6.16. The normalized spacial score (nSPS) is 10.8. The highest BCUT2D eigenvalue weighted by molar-refractivity contribution is 6.31. The maximum Gasteiger partial charge on any atom is 0.134 e. The van der Waals surface area contributed by atoms with E-state index in [4.69, 9.17) is 16.0 Å². The average molecular weight is 313 g/mol. The van der Waals surface area contributed by atoms with Crippen LogP contribution in [0.1, 0.15) is 16.9 Å². The lowest BCUT2D eigenvalue weighted by molar-refractivity contribution is 0.493. The molecule has 112 valence electrons. The lowest BCUT2D eigenvalue weighted by atomic mass is 10.1. The predicted molar refractivity (Wildman–Crippen MR) is 88.7 cm³/mol. The van der Waals surface area contributed by atoms with Gasteiger partial charge in [-0.05, 0) is 42.3 Å². The first-order chi connectivity index (χ1) is 10.7. The summed E-state index contributed by atoms with van der Waals surface area (Å²) in [4.78, 5) is 4.09. The maximum atomic E-state index is 6.16. The second-order valence-electron chi connectivity index (χ2n) is 5.19. The number of hydrogen-bond donors (Lipinski definition) is 1. The Bertz CT molecular complexity index is 753. The van der Waals surface area contributed by atoms with Gasteiger partial charge in [-0.25, -0.2) is 0 Å². The van der Waals surface area contributed by atoms with Crippen LogP contribution >= 0.6 is 11.6 Å². The standard InChI is InChI=1S/C18H17ClN2O/c1-13-4-5-15(9-17(13)19)18-7-6-16(22-18)12-21-11-14-3-2-8-20-10-14/h2-10,21H,11-12H2,1H3. The molecule has 0 aliphatic rings. The van der Waals surface area contributed by atoms with E-state index in [0.717, 1.165) is 39.8 Å². The fourth-order valence-corrected chi connectivity index (χ4v) is 2.39. The Kier molecular flexibility index (Phi) is 4.56. The van der Waals surface area contributed by atoms with Crippen molar-refractivity contribution in [2.75, 3.05) is 0 Å². The minimum absolute atomic E-state index is 0.675. The Morgan fingerprint density at radius 2 is 2.05 bits per heavy atom. The van der Waals surface area contributed by atoms with Crippen LogP contribution in [0, 0.1) is 6.92 Å². The van der Waals surface area contributed by atoms with Gasteiger partial charge in [0.1, 0.15) is 11.5 Å². The molecule has 0 aliphatic carbocycles. The third kappa shape index (κ3) is 3.56. The minimum Gasteiger partial charge on any atom is -0.460 e. The van der Waals surface area contributed by atoms with Crippen LogP contribution in [0.5, 0.6) is 0 Å². The van der Waals surface area contributed by atoms with Crippen molar-refractivity contribution in [1.29, 1.82) is 0 Å². The topological polar surface area (TPSA) is 38.1 Å². The molecule has 3 aromatic rings. The number of furan rings is 1. The van der Waals surface area contributed by atoms with E-state index < -0.39 is 0 Å². The van der Waals surface area contributed by atoms with Crippen LogP contribution < -0.4 is 5.32 Å². The molecule has 2 heterocycles. The van der Waals surface area contributed by atoms with Gasteiger partial charge in [0.05, 0.1) is 6.54 Å². The van der Waals surface area contributed by atoms with Crippen molar-refractivity contribution < 1.29 is 4.42 Å². The highest BCUT2D eigenvalue weighted by atomic mass is 35.5. The van der Waals surface area contributed by atoms with E-state index >= 15 is 0 Å². The maximum absolute atomic E-state index is 6.16. The number of hydrogen-bond acceptors (Lipinski definition) is 3. The molecule has 3 rings (SSSR count). The third-order valence-corrected chi connectivity index (χ3v) is 3.88. The number of pyridine rings is 1. The average Bonchev–Trinajstić information content (AvgIpc) is 3.00. The SMILES string of the molecule is Cc1ccc(-c2ccc(CNCc3cccnc3)o2)cc1Cl. The highest BCUT2D eigenvalue weighted by Crippen LogP contribution is 2.26. The summed E-state index contributed by atoms with van der Waals surface area (Å²) in [5, 5.41) is 4.10. The molecule has 0 unspecified atom stereocenters. The van der Waals surface area contributed by atoms with E-state index in [1.807, 2.05) is 55.6 Å². The lowest BCUT2D eigenvalue weighted by Crippen LogP contribution is -2.12. The molecule has 0 saturated heterocycles. The zero-order valence-electron chi connectivity index (χ0n) is 12.3. The van der Waals surface area contributed by atoms with Crippen molar-refractivity contribution >= 4 is 11.6 Å². The molecule has 3 nitrogen and oxygen atoms in total. The zero-order valence-corrected chi connectivity index (χ0v) is 13.1. The van der Waals surface area contributed by atoms with Crippen molar-refractivity contribution in [1.82, 2.24) is 10.3 Å². The molecule has 22 heavy (non-hydrogen) atoms. The van der Waals surface area contributed by atoms with Gasteiger partial charge in [0.15, 0.2) is 0 Å². The number of aromatic nitrogens is 1. The van der Waals surface area contributed by atoms with Crippen LogP contribution in [0.25, 0.3) is 11.3 Å². The van der Waals surface area contributed by atoms with Crippen LogP contribution in [0.2, 0.25) is 5.02 Å². The van der Waals surface area contributed by atoms with Gasteiger partial charge in [-0.1, -0.05) is 29.8 Å². The molecular formula is C18H17ClN2O. The van der Waals surface area contributed by atoms with E-state index in [0.29, 0.717) is 6.54 Å². The van der Waals surface area contributed by atoms with Crippen molar-refractivity contribution in [2.24, 2.45) is 0 Å². The number of nitrogens with one attached hydrogen (secondary N) is 1. The fraction of sp³-hybridized carbons (Fsp3) is 0.167. The molecule has 0 spiro atoms. The van der Waals surface area contributed by atoms with Gasteiger partial charge >= 0.3 is 0 Å². The van der Waals surface area contributed by atoms with Crippen LogP contribution in [0.3, 0.4) is 0 Å². The Hall–Kier alpha value is -2.10. The second-order valence-corrected chi connectivity index (χ2v) is 5.60. The summed E-state index contributed by atoms with van der Waals surface area (Å²) in [6.45, 7) is 3.43. The molecule has 0 fully saturated rings. The Morgan fingerprint density at radius 3 is 2.82 bits per heavy atom. The molecule has 0 atom stereocenters. The van der Waals surface area contributed by atoms with Gasteiger partial charge in [-0.2, -0.15) is 0 Å². The summed E-state index contributed by atoms with van der Waals surface area (Å²) in [5.41, 5.74) is 3.21. The van der Waals surface area contributed by atoms with E-state index in [1.54, 1.807) is 6.20 Å². The molecule has 4 heteroatoms. The summed E-state index contributed by atoms with van der Waals surface area (Å²) in [6, 6.07) is 13.9. The fourth-order valence-electron chi connectivity index (χ4n) is 2.21. The van der Waals surface area contributed by atoms with Crippen molar-refractivity contribution in [3.8, 4) is 11.3 Å². The molecule has 0 aliphatic heterocycles. The first-order valence-corrected chi connectivity index (χ1v) is 7.55. The van der Waals surface area contributed by atoms with E-state index in [1.165, 1.54) is 0 Å². The van der Waals surface area contributed by atoms with E-state index in [-0.39, 0.29) is 0 Å². The van der Waals surface area contributed by atoms with Gasteiger partial charge in [-0.3, -0.25) is 4.98 Å². The van der Waals surface area contributed by atoms with E-state index in [2.05, 4.69) is 10.3 Å². The Labute approximate surface area is 135 Å². The molecule has 0 bridgehead atoms. The molecule has 0 amide bonds. The second kappa shape index (κ2) is 6.77. The smallest absolute Gasteiger partial charge is 0.134 e. The minimum atomic E-state index is 0.675. The van der Waals surface area contributed by atoms with Crippen molar-refractivity contribution in [3.63, 3.8) is 0 Å². The summed E-state index contributed by atoms with van der Waals surface area (Å²) in [5.74, 6) is 1.73. The summed E-state index contributed by atoms with van der Waals surface area (Å²) in [6.07, 6.45) is 3.63. The molecule has 1 aromatic carbocycles. The number of aryl methyl sites for hydroxylation is 1. The Balaban J connectivity index is 1.62. The quantitative estimate of drug-likeness (QED) is 0.748. The predicted octanol–water partition coefficient (Wildman–Crippen LogP) is 4.59. The Morgan fingerprint density at radius 1 is 1.14 bits per heavy atom. The number of benzene rings is 1. The van der Waals surface area contributed by atoms with Crippen LogP contribution in [0.15, 0.2) is 59.3 Å². The van der Waals surface area contributed by atoms with Crippen molar-refractivity contribution in [3.05, 3.63) is 76.8 Å². The van der Waals surface area contributed by atoms with Crippen LogP contribution in [-0.4, -0.2) is 4.98 Å². The van der Waals surface area contributed by atoms with Crippen LogP contribution in [0.4, 0.5) is 0 Å². The summed E-state index contributed by atoms with van der Waals surface area (Å²) in [7, 11) is 0. The van der Waals surface area contributed by atoms with Gasteiger partial charge in [0.25, 0.3) is 0 Å². The molecule has 2 aromatic heterocycles. The first kappa shape index (κ1) is 14.8. The van der Waals surface area contributed by atoms with Gasteiger partial charge < -0.3 is 9.73 Å².